The molecular weight excluding hydrogens is 348 g/mol. The van der Waals surface area contributed by atoms with Crippen LogP contribution in [0.2, 0.25) is 5.02 Å². The Hall–Kier alpha value is -2.59. The lowest BCUT2D eigenvalue weighted by molar-refractivity contribution is -0.112. The van der Waals surface area contributed by atoms with Crippen molar-refractivity contribution in [2.75, 3.05) is 28.2 Å². The van der Waals surface area contributed by atoms with Crippen LogP contribution in [0.1, 0.15) is 17.3 Å². The van der Waals surface area contributed by atoms with Gasteiger partial charge in [0.15, 0.2) is 5.78 Å². The maximum Gasteiger partial charge on any atom is 0.253 e. The van der Waals surface area contributed by atoms with E-state index in [0.717, 1.165) is 21.6 Å². The molecule has 2 aromatic carbocycles. The van der Waals surface area contributed by atoms with Crippen LogP contribution in [-0.4, -0.2) is 49.7 Å². The number of rotatable bonds is 4. The van der Waals surface area contributed by atoms with Crippen molar-refractivity contribution in [3.8, 4) is 11.1 Å². The Labute approximate surface area is 159 Å². The van der Waals surface area contributed by atoms with Gasteiger partial charge in [-0.1, -0.05) is 30.3 Å². The smallest absolute Gasteiger partial charge is 0.253 e. The molecule has 0 saturated heterocycles. The lowest BCUT2D eigenvalue weighted by atomic mass is 10.0. The van der Waals surface area contributed by atoms with E-state index in [1.807, 2.05) is 32.3 Å². The number of hydrogen-bond donors (Lipinski definition) is 0. The Kier molecular flexibility index (Phi) is 5.88. The number of Topliss-reactive ketones (excluding diaryl/α,β-unsaturated/α-hetero) is 1. The summed E-state index contributed by atoms with van der Waals surface area (Å²) in [5, 5.41) is 1.96. The molecule has 5 heteroatoms. The molecule has 0 fully saturated rings. The Morgan fingerprint density at radius 2 is 1.54 bits per heavy atom. The van der Waals surface area contributed by atoms with Gasteiger partial charge < -0.3 is 9.80 Å². The fourth-order valence-corrected chi connectivity index (χ4v) is 3.13. The molecule has 0 unspecified atom stereocenters. The van der Waals surface area contributed by atoms with Gasteiger partial charge in [-0.05, 0) is 35.0 Å². The quantitative estimate of drug-likeness (QED) is 0.829. The summed E-state index contributed by atoms with van der Waals surface area (Å²) in [6.45, 7) is 5.61. The van der Waals surface area contributed by atoms with Crippen LogP contribution in [0, 0.1) is 0 Å². The summed E-state index contributed by atoms with van der Waals surface area (Å²) < 4.78 is 0. The number of carbonyl (C=O) groups is 2. The fraction of sp³-hybridized carbons (Fsp3) is 0.238. The van der Waals surface area contributed by atoms with Crippen LogP contribution in [0.3, 0.4) is 0 Å². The first-order chi connectivity index (χ1) is 12.1. The van der Waals surface area contributed by atoms with Crippen molar-refractivity contribution >= 4 is 35.6 Å². The van der Waals surface area contributed by atoms with Crippen LogP contribution in [0.15, 0.2) is 36.4 Å². The van der Waals surface area contributed by atoms with Crippen molar-refractivity contribution in [2.45, 2.75) is 6.92 Å². The summed E-state index contributed by atoms with van der Waals surface area (Å²) in [7, 11) is 7.07. The summed E-state index contributed by atoms with van der Waals surface area (Å²) >= 11 is 6.50. The monoisotopic (exact) mass is 370 g/mol. The second-order valence-corrected chi connectivity index (χ2v) is 6.97. The SMILES string of the molecule is C=c1cc(-c2ccc(C(=O)N(C)C)cc2)c(Cl)c/c1=C(\C(C)=O)N(C)C. The van der Waals surface area contributed by atoms with Crippen LogP contribution in [0.4, 0.5) is 0 Å². The molecule has 0 aliphatic heterocycles. The number of ketones is 1. The van der Waals surface area contributed by atoms with Gasteiger partial charge in [-0.25, -0.2) is 0 Å². The second-order valence-electron chi connectivity index (χ2n) is 6.57. The summed E-state index contributed by atoms with van der Waals surface area (Å²) in [6.07, 6.45) is 0. The Balaban J connectivity index is 2.59. The highest BCUT2D eigenvalue weighted by atomic mass is 35.5. The van der Waals surface area contributed by atoms with Crippen LogP contribution in [0.25, 0.3) is 23.4 Å². The topological polar surface area (TPSA) is 40.6 Å². The number of benzene rings is 2. The summed E-state index contributed by atoms with van der Waals surface area (Å²) in [5.74, 6) is -0.0993. The van der Waals surface area contributed by atoms with Crippen molar-refractivity contribution in [1.82, 2.24) is 9.80 Å². The molecule has 136 valence electrons. The highest BCUT2D eigenvalue weighted by Crippen LogP contribution is 2.26. The van der Waals surface area contributed by atoms with Gasteiger partial charge in [0.1, 0.15) is 0 Å². The van der Waals surface area contributed by atoms with E-state index >= 15 is 0 Å². The Bertz CT molecular complexity index is 961. The minimum absolute atomic E-state index is 0.0460. The second kappa shape index (κ2) is 7.75. The van der Waals surface area contributed by atoms with Gasteiger partial charge in [0.05, 0.1) is 5.70 Å². The zero-order chi connectivity index (χ0) is 19.6. The predicted octanol–water partition coefficient (Wildman–Crippen LogP) is 2.38. The molecule has 0 N–H and O–H groups in total. The van der Waals surface area contributed by atoms with Gasteiger partial charge >= 0.3 is 0 Å². The summed E-state index contributed by atoms with van der Waals surface area (Å²) in [6, 6.07) is 10.9. The van der Waals surface area contributed by atoms with Crippen molar-refractivity contribution in [2.24, 2.45) is 0 Å². The van der Waals surface area contributed by atoms with Gasteiger partial charge in [-0.3, -0.25) is 9.59 Å². The lowest BCUT2D eigenvalue weighted by Crippen LogP contribution is -2.33. The third-order valence-electron chi connectivity index (χ3n) is 4.08. The van der Waals surface area contributed by atoms with Crippen LogP contribution in [-0.2, 0) is 4.79 Å². The number of hydrogen-bond acceptors (Lipinski definition) is 3. The van der Waals surface area contributed by atoms with Gasteiger partial charge in [-0.2, -0.15) is 0 Å². The lowest BCUT2D eigenvalue weighted by Gasteiger charge is -2.15. The molecule has 0 heterocycles. The zero-order valence-electron chi connectivity index (χ0n) is 15.8. The van der Waals surface area contributed by atoms with Crippen LogP contribution >= 0.6 is 11.6 Å². The number of amides is 1. The molecule has 0 radical (unpaired) electrons. The predicted molar refractivity (Wildman–Crippen MR) is 107 cm³/mol. The van der Waals surface area contributed by atoms with E-state index in [4.69, 9.17) is 11.6 Å². The molecule has 4 nitrogen and oxygen atoms in total. The van der Waals surface area contributed by atoms with Crippen LogP contribution in [0.5, 0.6) is 0 Å². The van der Waals surface area contributed by atoms with E-state index < -0.39 is 0 Å². The van der Waals surface area contributed by atoms with Gasteiger partial charge in [0, 0.05) is 56.5 Å². The summed E-state index contributed by atoms with van der Waals surface area (Å²) in [5.41, 5.74) is 2.87. The molecule has 0 aliphatic carbocycles. The van der Waals surface area contributed by atoms with Gasteiger partial charge in [0.2, 0.25) is 0 Å². The largest absolute Gasteiger partial charge is 0.374 e. The molecule has 26 heavy (non-hydrogen) atoms. The molecule has 2 rings (SSSR count). The molecular formula is C21H23ClN2O2. The van der Waals surface area contributed by atoms with E-state index in [0.29, 0.717) is 16.3 Å². The van der Waals surface area contributed by atoms with E-state index in [-0.39, 0.29) is 11.7 Å². The van der Waals surface area contributed by atoms with Crippen molar-refractivity contribution in [3.05, 3.63) is 57.4 Å². The van der Waals surface area contributed by atoms with Gasteiger partial charge in [-0.15, -0.1) is 0 Å². The number of carbonyl (C=O) groups excluding carboxylic acids is 2. The normalized spacial score (nSPS) is 11.8. The number of likely N-dealkylation sites (N-methyl/N-ethyl adjacent to an activating group) is 1. The minimum atomic E-state index is -0.0532. The van der Waals surface area contributed by atoms with E-state index in [1.54, 1.807) is 37.2 Å². The third kappa shape index (κ3) is 3.97. The average Bonchev–Trinajstić information content (AvgIpc) is 2.56. The maximum atomic E-state index is 12.0. The molecule has 0 aliphatic rings. The van der Waals surface area contributed by atoms with Crippen molar-refractivity contribution in [1.29, 1.82) is 0 Å². The molecule has 2 aromatic rings. The molecule has 1 amide bonds. The first-order valence-corrected chi connectivity index (χ1v) is 8.54. The van der Waals surface area contributed by atoms with Crippen molar-refractivity contribution < 1.29 is 9.59 Å². The first-order valence-electron chi connectivity index (χ1n) is 8.16. The van der Waals surface area contributed by atoms with Crippen LogP contribution < -0.4 is 10.4 Å². The molecule has 0 atom stereocenters. The number of nitrogens with zero attached hydrogens (tertiary/aromatic N) is 2. The highest BCUT2D eigenvalue weighted by molar-refractivity contribution is 6.33. The Morgan fingerprint density at radius 1 is 0.962 bits per heavy atom. The molecule has 0 aromatic heterocycles. The third-order valence-corrected chi connectivity index (χ3v) is 4.39. The number of halogens is 1. The van der Waals surface area contributed by atoms with Gasteiger partial charge in [0.25, 0.3) is 5.91 Å². The zero-order valence-corrected chi connectivity index (χ0v) is 16.5. The first kappa shape index (κ1) is 19.7. The van der Waals surface area contributed by atoms with E-state index in [2.05, 4.69) is 6.58 Å². The fourth-order valence-electron chi connectivity index (χ4n) is 2.86. The van der Waals surface area contributed by atoms with E-state index in [9.17, 15) is 9.59 Å². The average molecular weight is 371 g/mol. The minimum Gasteiger partial charge on any atom is -0.374 e. The van der Waals surface area contributed by atoms with E-state index in [1.165, 1.54) is 11.8 Å². The molecule has 0 spiro atoms. The van der Waals surface area contributed by atoms with Crippen molar-refractivity contribution in [3.63, 3.8) is 0 Å². The molecule has 0 bridgehead atoms. The summed E-state index contributed by atoms with van der Waals surface area (Å²) in [4.78, 5) is 27.3. The molecule has 0 saturated carbocycles. The Morgan fingerprint density at radius 3 is 2.00 bits per heavy atom. The standard InChI is InChI=1S/C21H23ClN2O2/c1-13-11-18(15-7-9-16(10-8-15)21(26)24(5)6)19(22)12-17(13)20(14(2)25)23(3)4/h7-12H,1H2,2-6H3/b20-17-. The maximum absolute atomic E-state index is 12.0. The highest BCUT2D eigenvalue weighted by Gasteiger charge is 2.12.